The van der Waals surface area contributed by atoms with Crippen molar-refractivity contribution in [1.29, 1.82) is 0 Å². The van der Waals surface area contributed by atoms with Gasteiger partial charge in [0.15, 0.2) is 0 Å². The van der Waals surface area contributed by atoms with Gasteiger partial charge in [-0.2, -0.15) is 0 Å². The van der Waals surface area contributed by atoms with E-state index in [1.807, 2.05) is 6.92 Å². The van der Waals surface area contributed by atoms with Crippen LogP contribution in [0.2, 0.25) is 0 Å². The zero-order valence-electron chi connectivity index (χ0n) is 13.3. The number of carbonyl (C=O) groups is 3. The third-order valence-electron chi connectivity index (χ3n) is 3.10. The molecular formula is C17H18N4O3. The number of hydrogen-bond donors (Lipinski definition) is 4. The van der Waals surface area contributed by atoms with Crippen LogP contribution in [0.25, 0.3) is 0 Å². The molecule has 7 nitrogen and oxygen atoms in total. The number of nitrogens with two attached hydrogens (primary N) is 1. The molecule has 0 unspecified atom stereocenters. The van der Waals surface area contributed by atoms with E-state index in [2.05, 4.69) is 16.0 Å². The highest BCUT2D eigenvalue weighted by molar-refractivity contribution is 6.43. The Balaban J connectivity index is 2.05. The van der Waals surface area contributed by atoms with Crippen molar-refractivity contribution in [3.8, 4) is 0 Å². The van der Waals surface area contributed by atoms with E-state index >= 15 is 0 Å². The zero-order valence-corrected chi connectivity index (χ0v) is 13.3. The summed E-state index contributed by atoms with van der Waals surface area (Å²) in [5.41, 5.74) is 8.33. The number of nitrogen functional groups attached to an aromatic ring is 1. The fourth-order valence-corrected chi connectivity index (χ4v) is 2.02. The Morgan fingerprint density at radius 3 is 2.17 bits per heavy atom. The van der Waals surface area contributed by atoms with Crippen LogP contribution in [0.3, 0.4) is 0 Å². The summed E-state index contributed by atoms with van der Waals surface area (Å²) in [5.74, 6) is -1.90. The largest absolute Gasteiger partial charge is 0.397 e. The van der Waals surface area contributed by atoms with Crippen LogP contribution in [0.5, 0.6) is 0 Å². The lowest BCUT2D eigenvalue weighted by Gasteiger charge is -2.10. The van der Waals surface area contributed by atoms with E-state index < -0.39 is 11.8 Å². The van der Waals surface area contributed by atoms with E-state index in [9.17, 15) is 14.4 Å². The van der Waals surface area contributed by atoms with Crippen LogP contribution < -0.4 is 21.7 Å². The van der Waals surface area contributed by atoms with Crippen LogP contribution in [-0.4, -0.2) is 17.7 Å². The number of carbonyl (C=O) groups excluding carboxylic acids is 3. The summed E-state index contributed by atoms with van der Waals surface area (Å²) in [7, 11) is 0. The maximum atomic E-state index is 12.0. The third kappa shape index (κ3) is 4.57. The van der Waals surface area contributed by atoms with Gasteiger partial charge in [-0.1, -0.05) is 12.1 Å². The number of rotatable bonds is 3. The molecule has 0 radical (unpaired) electrons. The van der Waals surface area contributed by atoms with E-state index in [1.54, 1.807) is 42.5 Å². The fraction of sp³-hybridized carbons (Fsp3) is 0.118. The van der Waals surface area contributed by atoms with Crippen LogP contribution in [-0.2, 0) is 14.4 Å². The van der Waals surface area contributed by atoms with Gasteiger partial charge in [0.1, 0.15) is 0 Å². The Kier molecular flexibility index (Phi) is 5.16. The van der Waals surface area contributed by atoms with Crippen molar-refractivity contribution < 1.29 is 14.4 Å². The van der Waals surface area contributed by atoms with Crippen molar-refractivity contribution in [3.63, 3.8) is 0 Å². The minimum atomic E-state index is -0.837. The van der Waals surface area contributed by atoms with E-state index in [-0.39, 0.29) is 5.91 Å². The maximum absolute atomic E-state index is 12.0. The lowest BCUT2D eigenvalue weighted by Crippen LogP contribution is -2.29. The summed E-state index contributed by atoms with van der Waals surface area (Å²) in [6.45, 7) is 3.23. The molecule has 0 bridgehead atoms. The number of benzene rings is 2. The second kappa shape index (κ2) is 7.28. The predicted molar refractivity (Wildman–Crippen MR) is 93.6 cm³/mol. The SMILES string of the molecule is CC(=O)Nc1cccc(NC(=O)C(=O)Nc2cc(C)ccc2N)c1. The van der Waals surface area contributed by atoms with Crippen LogP contribution in [0.1, 0.15) is 12.5 Å². The van der Waals surface area contributed by atoms with Crippen molar-refractivity contribution in [1.82, 2.24) is 0 Å². The molecule has 2 aromatic rings. The predicted octanol–water partition coefficient (Wildman–Crippen LogP) is 2.11. The normalized spacial score (nSPS) is 9.92. The summed E-state index contributed by atoms with van der Waals surface area (Å²) < 4.78 is 0. The Labute approximate surface area is 139 Å². The molecule has 5 N–H and O–H groups in total. The van der Waals surface area contributed by atoms with Gasteiger partial charge in [-0.25, -0.2) is 0 Å². The molecule has 0 atom stereocenters. The van der Waals surface area contributed by atoms with E-state index in [0.717, 1.165) is 5.56 Å². The highest BCUT2D eigenvalue weighted by Crippen LogP contribution is 2.20. The molecule has 0 aliphatic heterocycles. The number of aryl methyl sites for hydroxylation is 1. The number of hydrogen-bond acceptors (Lipinski definition) is 4. The number of amides is 3. The molecule has 7 heteroatoms. The van der Waals surface area contributed by atoms with E-state index in [0.29, 0.717) is 22.7 Å². The molecular weight excluding hydrogens is 308 g/mol. The molecule has 2 aromatic carbocycles. The molecule has 24 heavy (non-hydrogen) atoms. The summed E-state index contributed by atoms with van der Waals surface area (Å²) >= 11 is 0. The topological polar surface area (TPSA) is 113 Å². The minimum absolute atomic E-state index is 0.230. The zero-order chi connectivity index (χ0) is 17.7. The van der Waals surface area contributed by atoms with Crippen molar-refractivity contribution in [2.45, 2.75) is 13.8 Å². The molecule has 124 valence electrons. The molecule has 0 aliphatic carbocycles. The van der Waals surface area contributed by atoms with Crippen molar-refractivity contribution in [3.05, 3.63) is 48.0 Å². The molecule has 0 spiro atoms. The van der Waals surface area contributed by atoms with E-state index in [4.69, 9.17) is 5.73 Å². The second-order valence-corrected chi connectivity index (χ2v) is 5.26. The first-order valence-electron chi connectivity index (χ1n) is 7.21. The fourth-order valence-electron chi connectivity index (χ4n) is 2.02. The van der Waals surface area contributed by atoms with Gasteiger partial charge in [-0.15, -0.1) is 0 Å². The monoisotopic (exact) mass is 326 g/mol. The van der Waals surface area contributed by atoms with Gasteiger partial charge in [0, 0.05) is 18.3 Å². The first-order chi connectivity index (χ1) is 11.3. The second-order valence-electron chi connectivity index (χ2n) is 5.26. The van der Waals surface area contributed by atoms with Crippen LogP contribution >= 0.6 is 0 Å². The molecule has 0 aliphatic rings. The van der Waals surface area contributed by atoms with Gasteiger partial charge in [0.25, 0.3) is 0 Å². The molecule has 0 aromatic heterocycles. The highest BCUT2D eigenvalue weighted by Gasteiger charge is 2.15. The van der Waals surface area contributed by atoms with Gasteiger partial charge in [0.05, 0.1) is 11.4 Å². The molecule has 0 heterocycles. The van der Waals surface area contributed by atoms with E-state index in [1.165, 1.54) is 6.92 Å². The minimum Gasteiger partial charge on any atom is -0.397 e. The van der Waals surface area contributed by atoms with Crippen LogP contribution in [0, 0.1) is 6.92 Å². The van der Waals surface area contributed by atoms with Crippen LogP contribution in [0.4, 0.5) is 22.7 Å². The average molecular weight is 326 g/mol. The van der Waals surface area contributed by atoms with Gasteiger partial charge in [-0.05, 0) is 42.8 Å². The number of anilines is 4. The molecule has 2 rings (SSSR count). The molecule has 3 amide bonds. The maximum Gasteiger partial charge on any atom is 0.314 e. The summed E-state index contributed by atoms with van der Waals surface area (Å²) in [4.78, 5) is 35.0. The Morgan fingerprint density at radius 2 is 1.50 bits per heavy atom. The summed E-state index contributed by atoms with van der Waals surface area (Å²) in [6, 6.07) is 11.6. The van der Waals surface area contributed by atoms with Gasteiger partial charge in [0.2, 0.25) is 5.91 Å². The third-order valence-corrected chi connectivity index (χ3v) is 3.10. The Bertz CT molecular complexity index is 802. The molecule has 0 saturated carbocycles. The standard InChI is InChI=1S/C17H18N4O3/c1-10-6-7-14(18)15(8-10)21-17(24)16(23)20-13-5-3-4-12(9-13)19-11(2)22/h3-9H,18H2,1-2H3,(H,19,22)(H,20,23)(H,21,24). The first-order valence-corrected chi connectivity index (χ1v) is 7.21. The summed E-state index contributed by atoms with van der Waals surface area (Å²) in [5, 5.41) is 7.53. The van der Waals surface area contributed by atoms with Crippen molar-refractivity contribution in [2.75, 3.05) is 21.7 Å². The summed E-state index contributed by atoms with van der Waals surface area (Å²) in [6.07, 6.45) is 0. The number of nitrogens with one attached hydrogen (secondary N) is 3. The van der Waals surface area contributed by atoms with Gasteiger partial charge < -0.3 is 21.7 Å². The average Bonchev–Trinajstić information content (AvgIpc) is 2.50. The van der Waals surface area contributed by atoms with Gasteiger partial charge in [-0.3, -0.25) is 14.4 Å². The Hall–Kier alpha value is -3.35. The Morgan fingerprint density at radius 1 is 0.875 bits per heavy atom. The smallest absolute Gasteiger partial charge is 0.314 e. The van der Waals surface area contributed by atoms with Crippen molar-refractivity contribution in [2.24, 2.45) is 0 Å². The molecule has 0 fully saturated rings. The quantitative estimate of drug-likeness (QED) is 0.511. The lowest BCUT2D eigenvalue weighted by atomic mass is 10.2. The lowest BCUT2D eigenvalue weighted by molar-refractivity contribution is -0.132. The molecule has 0 saturated heterocycles. The first kappa shape index (κ1) is 17.0. The van der Waals surface area contributed by atoms with Gasteiger partial charge >= 0.3 is 11.8 Å². The van der Waals surface area contributed by atoms with Crippen LogP contribution in [0.15, 0.2) is 42.5 Å². The highest BCUT2D eigenvalue weighted by atomic mass is 16.2. The van der Waals surface area contributed by atoms with Crippen molar-refractivity contribution >= 4 is 40.5 Å².